The molecule has 234 valence electrons. The molecule has 0 bridgehead atoms. The zero-order valence-corrected chi connectivity index (χ0v) is 29.9. The highest BCUT2D eigenvalue weighted by molar-refractivity contribution is 5.65. The summed E-state index contributed by atoms with van der Waals surface area (Å²) < 4.78 is 0. The molecule has 0 radical (unpaired) electrons. The van der Waals surface area contributed by atoms with E-state index in [4.69, 9.17) is 0 Å². The molecule has 0 heteroatoms. The van der Waals surface area contributed by atoms with Crippen LogP contribution in [-0.2, 0) is 6.42 Å². The monoisotopic (exact) mass is 586 g/mol. The van der Waals surface area contributed by atoms with E-state index in [1.807, 2.05) is 20.8 Å². The average molecular weight is 587 g/mol. The van der Waals surface area contributed by atoms with E-state index in [1.54, 1.807) is 0 Å². The summed E-state index contributed by atoms with van der Waals surface area (Å²) in [6.45, 7) is 37.0. The minimum atomic E-state index is 0.657. The van der Waals surface area contributed by atoms with Gasteiger partial charge in [-0.25, -0.2) is 0 Å². The molecule has 0 saturated heterocycles. The summed E-state index contributed by atoms with van der Waals surface area (Å²) in [4.78, 5) is 0. The first-order valence-electron chi connectivity index (χ1n) is 15.9. The Kier molecular flexibility index (Phi) is 16.2. The second-order valence-corrected chi connectivity index (χ2v) is 12.5. The summed E-state index contributed by atoms with van der Waals surface area (Å²) in [6, 6.07) is 28.3. The van der Waals surface area contributed by atoms with Gasteiger partial charge in [0.05, 0.1) is 0 Å². The highest BCUT2D eigenvalue weighted by Crippen LogP contribution is 2.22. The number of aryl methyl sites for hydroxylation is 7. The third-order valence-corrected chi connectivity index (χ3v) is 8.10. The average Bonchev–Trinajstić information content (AvgIpc) is 2.97. The molecular weight excluding hydrogens is 528 g/mol. The highest BCUT2D eigenvalue weighted by Gasteiger charge is 2.00. The minimum absolute atomic E-state index is 0.657. The first-order chi connectivity index (χ1) is 20.6. The Morgan fingerprint density at radius 3 is 1.34 bits per heavy atom. The lowest BCUT2D eigenvalue weighted by molar-refractivity contribution is 0.773. The van der Waals surface area contributed by atoms with Crippen LogP contribution in [0.5, 0.6) is 0 Å². The zero-order valence-electron chi connectivity index (χ0n) is 29.9. The maximum atomic E-state index is 3.93. The van der Waals surface area contributed by atoms with Gasteiger partial charge >= 0.3 is 0 Å². The van der Waals surface area contributed by atoms with E-state index in [-0.39, 0.29) is 0 Å². The third-order valence-electron chi connectivity index (χ3n) is 8.10. The van der Waals surface area contributed by atoms with Crippen molar-refractivity contribution in [1.82, 2.24) is 0 Å². The molecule has 4 aromatic carbocycles. The van der Waals surface area contributed by atoms with E-state index >= 15 is 0 Å². The van der Waals surface area contributed by atoms with E-state index in [0.717, 1.165) is 17.6 Å². The molecule has 0 unspecified atom stereocenters. The molecule has 0 spiro atoms. The van der Waals surface area contributed by atoms with E-state index in [2.05, 4.69) is 161 Å². The van der Waals surface area contributed by atoms with Crippen molar-refractivity contribution in [3.05, 3.63) is 154 Å². The van der Waals surface area contributed by atoms with Crippen molar-refractivity contribution in [2.24, 2.45) is 5.92 Å². The van der Waals surface area contributed by atoms with Crippen molar-refractivity contribution in [1.29, 1.82) is 0 Å². The Morgan fingerprint density at radius 2 is 0.932 bits per heavy atom. The van der Waals surface area contributed by atoms with Crippen LogP contribution in [0.1, 0.15) is 91.6 Å². The number of benzene rings is 4. The number of allylic oxidation sites excluding steroid dienone is 3. The fraction of sp³-hybridized carbons (Fsp3) is 0.318. The molecule has 0 nitrogen and oxygen atoms in total. The minimum Gasteiger partial charge on any atom is -0.0999 e. The molecule has 0 amide bonds. The number of hydrogen-bond acceptors (Lipinski definition) is 0. The summed E-state index contributed by atoms with van der Waals surface area (Å²) >= 11 is 0. The largest absolute Gasteiger partial charge is 0.0999 e. The highest BCUT2D eigenvalue weighted by atomic mass is 14.1. The van der Waals surface area contributed by atoms with Crippen LogP contribution in [0.4, 0.5) is 0 Å². The van der Waals surface area contributed by atoms with Gasteiger partial charge in [-0.05, 0) is 130 Å². The van der Waals surface area contributed by atoms with Gasteiger partial charge in [-0.2, -0.15) is 0 Å². The topological polar surface area (TPSA) is 0 Å². The summed E-state index contributed by atoms with van der Waals surface area (Å²) in [5, 5.41) is 0. The van der Waals surface area contributed by atoms with Gasteiger partial charge in [0.25, 0.3) is 0 Å². The summed E-state index contributed by atoms with van der Waals surface area (Å²) in [6.07, 6.45) is 1.10. The Balaban J connectivity index is 0.000000306. The van der Waals surface area contributed by atoms with Crippen LogP contribution < -0.4 is 0 Å². The molecule has 0 saturated carbocycles. The van der Waals surface area contributed by atoms with Crippen LogP contribution in [0, 0.1) is 47.5 Å². The molecule has 4 aromatic rings. The van der Waals surface area contributed by atoms with Gasteiger partial charge in [0, 0.05) is 0 Å². The van der Waals surface area contributed by atoms with Crippen LogP contribution in [0.3, 0.4) is 0 Å². The van der Waals surface area contributed by atoms with Crippen LogP contribution in [0.25, 0.3) is 22.3 Å². The Morgan fingerprint density at radius 1 is 0.523 bits per heavy atom. The lowest BCUT2D eigenvalue weighted by Gasteiger charge is -2.06. The van der Waals surface area contributed by atoms with E-state index < -0.39 is 0 Å². The third kappa shape index (κ3) is 13.2. The summed E-state index contributed by atoms with van der Waals surface area (Å²) in [5.74, 6) is 0.657. The maximum absolute atomic E-state index is 3.93. The van der Waals surface area contributed by atoms with Gasteiger partial charge in [-0.3, -0.25) is 0 Å². The van der Waals surface area contributed by atoms with Crippen molar-refractivity contribution in [3.8, 4) is 11.1 Å². The van der Waals surface area contributed by atoms with Crippen LogP contribution in [0.15, 0.2) is 104 Å². The fourth-order valence-corrected chi connectivity index (χ4v) is 3.99. The Labute approximate surface area is 271 Å². The number of rotatable bonds is 5. The number of hydrogen-bond donors (Lipinski definition) is 0. The van der Waals surface area contributed by atoms with Gasteiger partial charge in [-0.1, -0.05) is 142 Å². The smallest absolute Gasteiger partial charge is 0.0181 e. The molecular formula is C44H58. The van der Waals surface area contributed by atoms with Crippen molar-refractivity contribution in [3.63, 3.8) is 0 Å². The van der Waals surface area contributed by atoms with Gasteiger partial charge in [0.1, 0.15) is 0 Å². The zero-order chi connectivity index (χ0) is 33.6. The molecule has 0 aliphatic carbocycles. The standard InChI is InChI=1S/C15H16.C12H16.C11H14.C6H12/c1-11-4-7-14(8-5-11)15-9-6-12(2)13(3)10-15;1-5-11-8-12(9(2)3)7-6-10(11)4;1-8(2)11-6-5-9(3)10(4)7-11;1-5(2)6(3)4/h4-10H,1-3H3;6-8H,2,5H2,1,3-4H3;5-7H,1H2,2-4H3;6H,1H2,2-4H3. The summed E-state index contributed by atoms with van der Waals surface area (Å²) in [5.41, 5.74) is 18.1. The van der Waals surface area contributed by atoms with Crippen LogP contribution in [0.2, 0.25) is 0 Å². The van der Waals surface area contributed by atoms with Crippen LogP contribution in [-0.4, -0.2) is 0 Å². The first-order valence-corrected chi connectivity index (χ1v) is 15.9. The van der Waals surface area contributed by atoms with Gasteiger partial charge in [0.15, 0.2) is 0 Å². The second-order valence-electron chi connectivity index (χ2n) is 12.5. The van der Waals surface area contributed by atoms with Gasteiger partial charge in [-0.15, -0.1) is 0 Å². The molecule has 0 fully saturated rings. The van der Waals surface area contributed by atoms with E-state index in [0.29, 0.717) is 5.92 Å². The molecule has 0 N–H and O–H groups in total. The molecule has 0 aliphatic rings. The molecule has 0 aliphatic heterocycles. The SMILES string of the molecule is C=C(C)C(C)C.C=C(C)c1ccc(C)c(C)c1.C=C(C)c1ccc(C)c(CC)c1.Cc1ccc(-c2ccc(C)c(C)c2)cc1. The van der Waals surface area contributed by atoms with Crippen molar-refractivity contribution < 1.29 is 0 Å². The molecule has 0 atom stereocenters. The molecule has 0 aromatic heterocycles. The normalized spacial score (nSPS) is 9.93. The van der Waals surface area contributed by atoms with Gasteiger partial charge in [0.2, 0.25) is 0 Å². The first kappa shape index (κ1) is 38.1. The maximum Gasteiger partial charge on any atom is -0.0181 e. The van der Waals surface area contributed by atoms with E-state index in [1.165, 1.54) is 66.8 Å². The predicted molar refractivity (Wildman–Crippen MR) is 202 cm³/mol. The fourth-order valence-electron chi connectivity index (χ4n) is 3.99. The molecule has 0 heterocycles. The van der Waals surface area contributed by atoms with Crippen molar-refractivity contribution in [2.45, 2.75) is 89.5 Å². The lowest BCUT2D eigenvalue weighted by Crippen LogP contribution is -1.88. The predicted octanol–water partition coefficient (Wildman–Crippen LogP) is 13.4. The molecule has 4 rings (SSSR count). The Hall–Kier alpha value is -3.90. The summed E-state index contributed by atoms with van der Waals surface area (Å²) in [7, 11) is 0. The lowest BCUT2D eigenvalue weighted by atomic mass is 10.00. The van der Waals surface area contributed by atoms with Crippen molar-refractivity contribution in [2.75, 3.05) is 0 Å². The van der Waals surface area contributed by atoms with Crippen molar-refractivity contribution >= 4 is 11.1 Å². The quantitative estimate of drug-likeness (QED) is 0.204. The van der Waals surface area contributed by atoms with Crippen LogP contribution >= 0.6 is 0 Å². The Bertz CT molecular complexity index is 1520. The van der Waals surface area contributed by atoms with E-state index in [9.17, 15) is 0 Å². The van der Waals surface area contributed by atoms with Gasteiger partial charge < -0.3 is 0 Å². The molecule has 44 heavy (non-hydrogen) atoms. The second kappa shape index (κ2) is 18.7.